The first-order valence-electron chi connectivity index (χ1n) is 9.10. The molecule has 3 aliphatic heterocycles. The fourth-order valence-corrected chi connectivity index (χ4v) is 4.38. The third-order valence-electron chi connectivity index (χ3n) is 5.85. The number of carboxylic acid groups (broad SMARTS) is 1. The number of carbonyl (C=O) groups is 1. The van der Waals surface area contributed by atoms with Crippen molar-refractivity contribution in [1.29, 1.82) is 5.26 Å². The number of halogens is 3. The molecule has 4 rings (SSSR count). The Bertz CT molecular complexity index is 852. The molecule has 0 unspecified atom stereocenters. The Hall–Kier alpha value is -2.54. The van der Waals surface area contributed by atoms with Crippen molar-refractivity contribution in [3.8, 4) is 6.07 Å². The number of aliphatic carboxylic acids is 1. The largest absolute Gasteiger partial charge is 0.480 e. The van der Waals surface area contributed by atoms with Gasteiger partial charge in [-0.2, -0.15) is 18.4 Å². The summed E-state index contributed by atoms with van der Waals surface area (Å²) in [6.07, 6.45) is -3.78. The number of nitriles is 1. The van der Waals surface area contributed by atoms with Gasteiger partial charge in [-0.1, -0.05) is 0 Å². The molecule has 7 nitrogen and oxygen atoms in total. The van der Waals surface area contributed by atoms with E-state index in [-0.39, 0.29) is 29.6 Å². The van der Waals surface area contributed by atoms with Crippen LogP contribution in [0, 0.1) is 16.7 Å². The number of likely N-dealkylation sites (tertiary alicyclic amines) is 1. The molecule has 4 heterocycles. The van der Waals surface area contributed by atoms with E-state index in [1.165, 1.54) is 0 Å². The van der Waals surface area contributed by atoms with E-state index in [4.69, 9.17) is 5.11 Å². The standard InChI is InChI=1S/C18H20F3N5O2/c1-11-2-3-26(11)16-12(5-22)13(18(19,20)21)4-14(23-16)25-9-17(10-25)7-24(8-17)6-15(27)28/h4,11H,2-3,6-10H2,1H3,(H,27,28)/t11-/m0/s1. The molecule has 10 heteroatoms. The number of anilines is 2. The van der Waals surface area contributed by atoms with Crippen molar-refractivity contribution in [3.05, 3.63) is 17.2 Å². The van der Waals surface area contributed by atoms with E-state index in [2.05, 4.69) is 4.98 Å². The normalized spacial score (nSPS) is 23.6. The predicted molar refractivity (Wildman–Crippen MR) is 94.1 cm³/mol. The fourth-order valence-electron chi connectivity index (χ4n) is 4.38. The molecule has 0 aliphatic carbocycles. The summed E-state index contributed by atoms with van der Waals surface area (Å²) in [5, 5.41) is 18.2. The van der Waals surface area contributed by atoms with Crippen LogP contribution in [-0.4, -0.2) is 66.3 Å². The molecule has 3 aliphatic rings. The summed E-state index contributed by atoms with van der Waals surface area (Å²) in [4.78, 5) is 20.5. The minimum Gasteiger partial charge on any atom is -0.480 e. The van der Waals surface area contributed by atoms with Crippen molar-refractivity contribution < 1.29 is 23.1 Å². The molecule has 3 saturated heterocycles. The first kappa shape index (κ1) is 18.8. The second-order valence-corrected chi connectivity index (χ2v) is 8.06. The van der Waals surface area contributed by atoms with E-state index in [0.29, 0.717) is 32.7 Å². The molecule has 3 fully saturated rings. The number of aromatic nitrogens is 1. The highest BCUT2D eigenvalue weighted by atomic mass is 19.4. The molecule has 150 valence electrons. The summed E-state index contributed by atoms with van der Waals surface area (Å²) < 4.78 is 40.8. The lowest BCUT2D eigenvalue weighted by molar-refractivity contribution is -0.142. The number of nitrogens with zero attached hydrogens (tertiary/aromatic N) is 5. The Kier molecular flexibility index (Phi) is 4.19. The smallest absolute Gasteiger partial charge is 0.417 e. The number of carboxylic acids is 1. The van der Waals surface area contributed by atoms with E-state index in [1.54, 1.807) is 20.8 Å². The summed E-state index contributed by atoms with van der Waals surface area (Å²) in [7, 11) is 0. The summed E-state index contributed by atoms with van der Waals surface area (Å²) in [6.45, 7) is 4.77. The van der Waals surface area contributed by atoms with Crippen molar-refractivity contribution in [2.45, 2.75) is 25.6 Å². The van der Waals surface area contributed by atoms with Crippen LogP contribution in [0.2, 0.25) is 0 Å². The lowest BCUT2D eigenvalue weighted by Crippen LogP contribution is -2.72. The zero-order chi connectivity index (χ0) is 20.3. The van der Waals surface area contributed by atoms with E-state index in [1.807, 2.05) is 6.92 Å². The topological polar surface area (TPSA) is 83.7 Å². The number of rotatable bonds is 4. The van der Waals surface area contributed by atoms with E-state index >= 15 is 0 Å². The Labute approximate surface area is 160 Å². The van der Waals surface area contributed by atoms with E-state index in [9.17, 15) is 23.2 Å². The van der Waals surface area contributed by atoms with Gasteiger partial charge in [0, 0.05) is 44.2 Å². The van der Waals surface area contributed by atoms with Gasteiger partial charge >= 0.3 is 12.1 Å². The molecule has 0 amide bonds. The van der Waals surface area contributed by atoms with Gasteiger partial charge in [-0.3, -0.25) is 9.69 Å². The summed E-state index contributed by atoms with van der Waals surface area (Å²) in [6, 6.07) is 2.72. The lowest BCUT2D eigenvalue weighted by atomic mass is 9.73. The van der Waals surface area contributed by atoms with E-state index < -0.39 is 23.3 Å². The van der Waals surface area contributed by atoms with Crippen LogP contribution in [0.5, 0.6) is 0 Å². The van der Waals surface area contributed by atoms with Gasteiger partial charge in [-0.05, 0) is 19.4 Å². The lowest BCUT2D eigenvalue weighted by Gasteiger charge is -2.60. The fraction of sp³-hybridized carbons (Fsp3) is 0.611. The van der Waals surface area contributed by atoms with E-state index in [0.717, 1.165) is 12.5 Å². The molecule has 1 aromatic rings. The second kappa shape index (κ2) is 6.24. The molecule has 0 saturated carbocycles. The van der Waals surface area contributed by atoms with Gasteiger partial charge in [0.05, 0.1) is 12.1 Å². The molecule has 0 aromatic carbocycles. The van der Waals surface area contributed by atoms with Gasteiger partial charge in [0.15, 0.2) is 0 Å². The van der Waals surface area contributed by atoms with Gasteiger partial charge in [0.25, 0.3) is 0 Å². The first-order valence-corrected chi connectivity index (χ1v) is 9.10. The highest BCUT2D eigenvalue weighted by Gasteiger charge is 2.52. The number of pyridine rings is 1. The minimum absolute atomic E-state index is 0.0217. The average Bonchev–Trinajstić information content (AvgIpc) is 2.52. The maximum absolute atomic E-state index is 13.6. The molecule has 0 bridgehead atoms. The average molecular weight is 395 g/mol. The van der Waals surface area contributed by atoms with Crippen molar-refractivity contribution >= 4 is 17.6 Å². The molecule has 1 spiro atoms. The van der Waals surface area contributed by atoms with Crippen molar-refractivity contribution in [2.24, 2.45) is 5.41 Å². The first-order chi connectivity index (χ1) is 13.1. The quantitative estimate of drug-likeness (QED) is 0.832. The maximum atomic E-state index is 13.6. The number of hydrogen-bond donors (Lipinski definition) is 1. The Morgan fingerprint density at radius 1 is 1.39 bits per heavy atom. The Morgan fingerprint density at radius 3 is 2.54 bits per heavy atom. The van der Waals surface area contributed by atoms with Gasteiger partial charge in [-0.15, -0.1) is 0 Å². The van der Waals surface area contributed by atoms with Crippen LogP contribution in [0.15, 0.2) is 6.07 Å². The van der Waals surface area contributed by atoms with Crippen molar-refractivity contribution in [3.63, 3.8) is 0 Å². The summed E-state index contributed by atoms with van der Waals surface area (Å²) in [5.41, 5.74) is -1.45. The van der Waals surface area contributed by atoms with Crippen LogP contribution in [0.1, 0.15) is 24.5 Å². The SMILES string of the molecule is C[C@H]1CCN1c1nc(N2CC3(CN(CC(=O)O)C3)C2)cc(C(F)(F)F)c1C#N. The monoisotopic (exact) mass is 395 g/mol. The zero-order valence-electron chi connectivity index (χ0n) is 15.3. The van der Waals surface area contributed by atoms with Crippen LogP contribution < -0.4 is 9.80 Å². The summed E-state index contributed by atoms with van der Waals surface area (Å²) in [5.74, 6) is -0.557. The third kappa shape index (κ3) is 3.03. The second-order valence-electron chi connectivity index (χ2n) is 8.06. The van der Waals surface area contributed by atoms with Crippen molar-refractivity contribution in [2.75, 3.05) is 49.1 Å². The highest BCUT2D eigenvalue weighted by Crippen LogP contribution is 2.44. The molecule has 1 atom stereocenters. The van der Waals surface area contributed by atoms with Gasteiger partial charge in [-0.25, -0.2) is 4.98 Å². The Balaban J connectivity index is 1.58. The predicted octanol–water partition coefficient (Wildman–Crippen LogP) is 1.78. The summed E-state index contributed by atoms with van der Waals surface area (Å²) >= 11 is 0. The van der Waals surface area contributed by atoms with Crippen LogP contribution in [-0.2, 0) is 11.0 Å². The van der Waals surface area contributed by atoms with Crippen LogP contribution in [0.4, 0.5) is 24.8 Å². The van der Waals surface area contributed by atoms with Gasteiger partial charge < -0.3 is 14.9 Å². The number of alkyl halides is 3. The van der Waals surface area contributed by atoms with Crippen molar-refractivity contribution in [1.82, 2.24) is 9.88 Å². The molecular weight excluding hydrogens is 375 g/mol. The number of hydrogen-bond acceptors (Lipinski definition) is 6. The molecule has 0 radical (unpaired) electrons. The molecule has 1 N–H and O–H groups in total. The molecular formula is C18H20F3N5O2. The molecule has 1 aromatic heterocycles. The van der Waals surface area contributed by atoms with Gasteiger partial charge in [0.2, 0.25) is 0 Å². The van der Waals surface area contributed by atoms with Crippen LogP contribution in [0.3, 0.4) is 0 Å². The minimum atomic E-state index is -4.64. The van der Waals surface area contributed by atoms with Crippen LogP contribution in [0.25, 0.3) is 0 Å². The Morgan fingerprint density at radius 2 is 2.07 bits per heavy atom. The molecule has 28 heavy (non-hydrogen) atoms. The highest BCUT2D eigenvalue weighted by molar-refractivity contribution is 5.69. The van der Waals surface area contributed by atoms with Crippen LogP contribution >= 0.6 is 0 Å². The zero-order valence-corrected chi connectivity index (χ0v) is 15.3. The third-order valence-corrected chi connectivity index (χ3v) is 5.85. The van der Waals surface area contributed by atoms with Gasteiger partial charge in [0.1, 0.15) is 23.3 Å². The maximum Gasteiger partial charge on any atom is 0.417 e.